The number of hydrogen-bond donors (Lipinski definition) is 1. The van der Waals surface area contributed by atoms with E-state index in [1.165, 1.54) is 18.9 Å². The molecule has 0 aromatic carbocycles. The Morgan fingerprint density at radius 3 is 3.13 bits per heavy atom. The first-order valence-electron chi connectivity index (χ1n) is 4.41. The average Bonchev–Trinajstić information content (AvgIpc) is 2.80. The van der Waals surface area contributed by atoms with Crippen molar-refractivity contribution in [1.82, 2.24) is 15.3 Å². The minimum atomic E-state index is -0.175. The molecule has 2 aromatic rings. The van der Waals surface area contributed by atoms with Gasteiger partial charge in [-0.1, -0.05) is 0 Å². The van der Waals surface area contributed by atoms with Gasteiger partial charge >= 0.3 is 0 Å². The van der Waals surface area contributed by atoms with Gasteiger partial charge in [0.05, 0.1) is 17.8 Å². The van der Waals surface area contributed by atoms with Crippen LogP contribution >= 0.6 is 0 Å². The molecule has 5 heteroatoms. The summed E-state index contributed by atoms with van der Waals surface area (Å²) in [4.78, 5) is 19.3. The highest BCUT2D eigenvalue weighted by molar-refractivity contribution is 5.93. The number of carbonyl (C=O) groups is 1. The molecule has 0 aliphatic rings. The highest BCUT2D eigenvalue weighted by Gasteiger charge is 2.04. The summed E-state index contributed by atoms with van der Waals surface area (Å²) in [5, 5.41) is 2.70. The monoisotopic (exact) mass is 203 g/mol. The fourth-order valence-corrected chi connectivity index (χ4v) is 1.09. The van der Waals surface area contributed by atoms with E-state index in [9.17, 15) is 4.79 Å². The molecule has 0 aliphatic carbocycles. The highest BCUT2D eigenvalue weighted by Crippen LogP contribution is 1.97. The van der Waals surface area contributed by atoms with Gasteiger partial charge in [-0.25, -0.2) is 4.98 Å². The Balaban J connectivity index is 1.94. The lowest BCUT2D eigenvalue weighted by molar-refractivity contribution is 0.0950. The summed E-state index contributed by atoms with van der Waals surface area (Å²) in [6.07, 6.45) is 5.95. The van der Waals surface area contributed by atoms with Gasteiger partial charge in [-0.15, -0.1) is 0 Å². The van der Waals surface area contributed by atoms with Crippen LogP contribution in [-0.4, -0.2) is 15.9 Å². The van der Waals surface area contributed by atoms with E-state index in [-0.39, 0.29) is 5.91 Å². The zero-order chi connectivity index (χ0) is 10.5. The smallest absolute Gasteiger partial charge is 0.253 e. The van der Waals surface area contributed by atoms with Crippen LogP contribution in [-0.2, 0) is 6.54 Å². The molecular weight excluding hydrogens is 194 g/mol. The molecule has 2 rings (SSSR count). The van der Waals surface area contributed by atoms with Crippen molar-refractivity contribution < 1.29 is 9.21 Å². The van der Waals surface area contributed by atoms with E-state index in [1.807, 2.05) is 0 Å². The molecule has 0 radical (unpaired) electrons. The van der Waals surface area contributed by atoms with E-state index in [1.54, 1.807) is 18.3 Å². The standard InChI is InChI=1S/C10H9N3O2/c14-10(8-2-1-3-11-4-8)12-5-9-6-15-7-13-9/h1-4,6-7H,5H2,(H,12,14). The summed E-state index contributed by atoms with van der Waals surface area (Å²) < 4.78 is 4.78. The van der Waals surface area contributed by atoms with Gasteiger partial charge in [-0.3, -0.25) is 9.78 Å². The summed E-state index contributed by atoms with van der Waals surface area (Å²) >= 11 is 0. The molecule has 5 nitrogen and oxygen atoms in total. The Bertz CT molecular complexity index is 425. The van der Waals surface area contributed by atoms with Gasteiger partial charge in [-0.2, -0.15) is 0 Å². The van der Waals surface area contributed by atoms with Crippen LogP contribution in [0.1, 0.15) is 16.1 Å². The van der Waals surface area contributed by atoms with Crippen LogP contribution in [0.2, 0.25) is 0 Å². The SMILES string of the molecule is O=C(NCc1cocn1)c1cccnc1. The number of pyridine rings is 1. The molecule has 0 unspecified atom stereocenters. The summed E-state index contributed by atoms with van der Waals surface area (Å²) in [5.41, 5.74) is 1.22. The van der Waals surface area contributed by atoms with Crippen molar-refractivity contribution in [2.45, 2.75) is 6.54 Å². The van der Waals surface area contributed by atoms with Crippen LogP contribution in [0.15, 0.2) is 41.6 Å². The second-order valence-electron chi connectivity index (χ2n) is 2.90. The first-order chi connectivity index (χ1) is 7.36. The number of carbonyl (C=O) groups excluding carboxylic acids is 1. The Labute approximate surface area is 86.2 Å². The molecule has 15 heavy (non-hydrogen) atoms. The lowest BCUT2D eigenvalue weighted by Crippen LogP contribution is -2.22. The van der Waals surface area contributed by atoms with E-state index in [2.05, 4.69) is 15.3 Å². The third kappa shape index (κ3) is 2.40. The lowest BCUT2D eigenvalue weighted by Gasteiger charge is -2.01. The zero-order valence-corrected chi connectivity index (χ0v) is 7.88. The fraction of sp³-hybridized carbons (Fsp3) is 0.100. The number of hydrogen-bond acceptors (Lipinski definition) is 4. The Kier molecular flexibility index (Phi) is 2.73. The third-order valence-corrected chi connectivity index (χ3v) is 1.84. The van der Waals surface area contributed by atoms with Crippen molar-refractivity contribution in [3.8, 4) is 0 Å². The van der Waals surface area contributed by atoms with Crippen molar-refractivity contribution in [2.75, 3.05) is 0 Å². The van der Waals surface area contributed by atoms with E-state index >= 15 is 0 Å². The lowest BCUT2D eigenvalue weighted by atomic mass is 10.2. The molecule has 0 fully saturated rings. The van der Waals surface area contributed by atoms with Crippen LogP contribution in [0.25, 0.3) is 0 Å². The number of oxazole rings is 1. The van der Waals surface area contributed by atoms with Gasteiger partial charge < -0.3 is 9.73 Å². The normalized spacial score (nSPS) is 9.87. The number of aromatic nitrogens is 2. The minimum absolute atomic E-state index is 0.175. The van der Waals surface area contributed by atoms with E-state index in [0.717, 1.165) is 0 Å². The molecule has 0 saturated heterocycles. The number of rotatable bonds is 3. The van der Waals surface area contributed by atoms with Crippen molar-refractivity contribution >= 4 is 5.91 Å². The maximum Gasteiger partial charge on any atom is 0.253 e. The third-order valence-electron chi connectivity index (χ3n) is 1.84. The Morgan fingerprint density at radius 1 is 1.53 bits per heavy atom. The molecule has 0 spiro atoms. The largest absolute Gasteiger partial charge is 0.451 e. The summed E-state index contributed by atoms with van der Waals surface area (Å²) in [7, 11) is 0. The molecule has 76 valence electrons. The molecule has 0 aliphatic heterocycles. The molecule has 2 heterocycles. The molecule has 2 aromatic heterocycles. The number of nitrogens with one attached hydrogen (secondary N) is 1. The van der Waals surface area contributed by atoms with Gasteiger partial charge in [0.2, 0.25) is 0 Å². The Hall–Kier alpha value is -2.17. The Morgan fingerprint density at radius 2 is 2.47 bits per heavy atom. The van der Waals surface area contributed by atoms with Crippen molar-refractivity contribution in [2.24, 2.45) is 0 Å². The molecular formula is C10H9N3O2. The molecule has 0 saturated carbocycles. The topological polar surface area (TPSA) is 68.0 Å². The van der Waals surface area contributed by atoms with Gasteiger partial charge in [0, 0.05) is 12.4 Å². The van der Waals surface area contributed by atoms with Crippen molar-refractivity contribution in [3.05, 3.63) is 48.4 Å². The van der Waals surface area contributed by atoms with Gasteiger partial charge in [0.1, 0.15) is 6.26 Å². The van der Waals surface area contributed by atoms with Crippen molar-refractivity contribution in [1.29, 1.82) is 0 Å². The van der Waals surface area contributed by atoms with Gasteiger partial charge in [0.25, 0.3) is 5.91 Å². The van der Waals surface area contributed by atoms with Crippen LogP contribution in [0.3, 0.4) is 0 Å². The predicted octanol–water partition coefficient (Wildman–Crippen LogP) is 1.000. The van der Waals surface area contributed by atoms with Gasteiger partial charge in [-0.05, 0) is 12.1 Å². The molecule has 0 atom stereocenters. The minimum Gasteiger partial charge on any atom is -0.451 e. The second-order valence-corrected chi connectivity index (χ2v) is 2.90. The first-order valence-corrected chi connectivity index (χ1v) is 4.41. The summed E-state index contributed by atoms with van der Waals surface area (Å²) in [5.74, 6) is -0.175. The predicted molar refractivity (Wildman–Crippen MR) is 51.9 cm³/mol. The van der Waals surface area contributed by atoms with Crippen LogP contribution in [0.5, 0.6) is 0 Å². The first kappa shape index (κ1) is 9.39. The fourth-order valence-electron chi connectivity index (χ4n) is 1.09. The summed E-state index contributed by atoms with van der Waals surface area (Å²) in [6.45, 7) is 0.351. The van der Waals surface area contributed by atoms with E-state index in [4.69, 9.17) is 4.42 Å². The van der Waals surface area contributed by atoms with Crippen LogP contribution in [0.4, 0.5) is 0 Å². The van der Waals surface area contributed by atoms with Gasteiger partial charge in [0.15, 0.2) is 6.39 Å². The van der Waals surface area contributed by atoms with Crippen LogP contribution < -0.4 is 5.32 Å². The zero-order valence-electron chi connectivity index (χ0n) is 7.88. The number of amides is 1. The summed E-state index contributed by atoms with van der Waals surface area (Å²) in [6, 6.07) is 3.41. The molecule has 1 N–H and O–H groups in total. The van der Waals surface area contributed by atoms with Crippen LogP contribution in [0, 0.1) is 0 Å². The average molecular weight is 203 g/mol. The maximum absolute atomic E-state index is 11.5. The molecule has 0 bridgehead atoms. The quantitative estimate of drug-likeness (QED) is 0.808. The maximum atomic E-state index is 11.5. The van der Waals surface area contributed by atoms with Crippen molar-refractivity contribution in [3.63, 3.8) is 0 Å². The number of nitrogens with zero attached hydrogens (tertiary/aromatic N) is 2. The molecule has 1 amide bonds. The second kappa shape index (κ2) is 4.36. The highest BCUT2D eigenvalue weighted by atomic mass is 16.3. The van der Waals surface area contributed by atoms with E-state index in [0.29, 0.717) is 17.8 Å². The van der Waals surface area contributed by atoms with E-state index < -0.39 is 0 Å².